The Morgan fingerprint density at radius 3 is 2.50 bits per heavy atom. The molecule has 0 aliphatic carbocycles. The molecule has 1 rings (SSSR count). The van der Waals surface area contributed by atoms with Gasteiger partial charge in [-0.05, 0) is 34.1 Å². The molecule has 0 unspecified atom stereocenters. The van der Waals surface area contributed by atoms with Crippen LogP contribution in [0.25, 0.3) is 0 Å². The van der Waals surface area contributed by atoms with Crippen LogP contribution >= 0.6 is 31.9 Å². The average Bonchev–Trinajstić information content (AvgIpc) is 2.08. The van der Waals surface area contributed by atoms with Crippen molar-refractivity contribution < 1.29 is 9.59 Å². The Labute approximate surface area is 97.1 Å². The van der Waals surface area contributed by atoms with Crippen LogP contribution in [0.15, 0.2) is 27.1 Å². The van der Waals surface area contributed by atoms with E-state index >= 15 is 0 Å². The van der Waals surface area contributed by atoms with Crippen LogP contribution in [0.4, 0.5) is 4.79 Å². The predicted molar refractivity (Wildman–Crippen MR) is 58.9 cm³/mol. The third kappa shape index (κ3) is 2.81. The molecular formula is C8H6Br2N2O2. The first kappa shape index (κ1) is 11.2. The van der Waals surface area contributed by atoms with E-state index in [1.54, 1.807) is 18.2 Å². The summed E-state index contributed by atoms with van der Waals surface area (Å²) < 4.78 is 1.34. The minimum atomic E-state index is -0.873. The van der Waals surface area contributed by atoms with Crippen LogP contribution in [0.1, 0.15) is 10.4 Å². The molecule has 0 aliphatic heterocycles. The third-order valence-corrected chi connectivity index (χ3v) is 2.59. The molecule has 0 saturated carbocycles. The molecule has 1 aromatic carbocycles. The van der Waals surface area contributed by atoms with Gasteiger partial charge in [0.15, 0.2) is 0 Å². The van der Waals surface area contributed by atoms with E-state index in [-0.39, 0.29) is 0 Å². The number of halogens is 2. The Morgan fingerprint density at radius 2 is 1.93 bits per heavy atom. The van der Waals surface area contributed by atoms with Crippen molar-refractivity contribution in [3.63, 3.8) is 0 Å². The summed E-state index contributed by atoms with van der Waals surface area (Å²) in [5.74, 6) is -0.536. The van der Waals surface area contributed by atoms with Gasteiger partial charge in [0.05, 0.1) is 5.56 Å². The number of amides is 3. The summed E-state index contributed by atoms with van der Waals surface area (Å²) in [7, 11) is 0. The van der Waals surface area contributed by atoms with Crippen LogP contribution in [0, 0.1) is 0 Å². The lowest BCUT2D eigenvalue weighted by Gasteiger charge is -2.03. The van der Waals surface area contributed by atoms with Gasteiger partial charge in [-0.15, -0.1) is 0 Å². The number of carbonyl (C=O) groups excluding carboxylic acids is 2. The number of hydrogen-bond donors (Lipinski definition) is 2. The predicted octanol–water partition coefficient (Wildman–Crippen LogP) is 2.02. The van der Waals surface area contributed by atoms with E-state index in [2.05, 4.69) is 31.9 Å². The van der Waals surface area contributed by atoms with Crippen molar-refractivity contribution in [2.45, 2.75) is 0 Å². The molecule has 0 aromatic heterocycles. The summed E-state index contributed by atoms with van der Waals surface area (Å²) in [6.45, 7) is 0. The molecule has 0 heterocycles. The SMILES string of the molecule is NC(=O)NC(=O)c1cc(Br)ccc1Br. The van der Waals surface area contributed by atoms with E-state index in [1.165, 1.54) is 0 Å². The second-order valence-corrected chi connectivity index (χ2v) is 4.21. The number of urea groups is 1. The van der Waals surface area contributed by atoms with Crippen molar-refractivity contribution >= 4 is 43.8 Å². The molecule has 0 fully saturated rings. The Hall–Kier alpha value is -0.880. The first-order valence-electron chi connectivity index (χ1n) is 3.56. The summed E-state index contributed by atoms with van der Waals surface area (Å²) in [5, 5.41) is 1.98. The Bertz CT molecular complexity index is 393. The highest BCUT2D eigenvalue weighted by Crippen LogP contribution is 2.21. The zero-order valence-corrected chi connectivity index (χ0v) is 10.1. The maximum Gasteiger partial charge on any atom is 0.319 e. The molecule has 3 amide bonds. The van der Waals surface area contributed by atoms with Crippen molar-refractivity contribution in [2.75, 3.05) is 0 Å². The van der Waals surface area contributed by atoms with Crippen LogP contribution in [0.3, 0.4) is 0 Å². The fourth-order valence-corrected chi connectivity index (χ4v) is 1.64. The van der Waals surface area contributed by atoms with E-state index in [9.17, 15) is 9.59 Å². The lowest BCUT2D eigenvalue weighted by molar-refractivity contribution is 0.0965. The normalized spacial score (nSPS) is 9.57. The molecule has 0 aliphatic rings. The maximum absolute atomic E-state index is 11.4. The minimum Gasteiger partial charge on any atom is -0.351 e. The molecule has 0 atom stereocenters. The highest BCUT2D eigenvalue weighted by Gasteiger charge is 2.11. The van der Waals surface area contributed by atoms with E-state index < -0.39 is 11.9 Å². The molecule has 4 nitrogen and oxygen atoms in total. The largest absolute Gasteiger partial charge is 0.351 e. The second kappa shape index (κ2) is 4.56. The number of imide groups is 1. The Balaban J connectivity index is 3.00. The highest BCUT2D eigenvalue weighted by molar-refractivity contribution is 9.11. The van der Waals surface area contributed by atoms with Gasteiger partial charge in [-0.1, -0.05) is 15.9 Å². The van der Waals surface area contributed by atoms with Crippen LogP contribution in [0.5, 0.6) is 0 Å². The summed E-state index contributed by atoms with van der Waals surface area (Å²) in [6.07, 6.45) is 0. The molecule has 1 aromatic rings. The van der Waals surface area contributed by atoms with E-state index in [4.69, 9.17) is 5.73 Å². The number of nitrogens with two attached hydrogens (primary N) is 1. The standard InChI is InChI=1S/C8H6Br2N2O2/c9-4-1-2-6(10)5(3-4)7(13)12-8(11)14/h1-3H,(H3,11,12,13,14). The molecule has 6 heteroatoms. The molecule has 0 spiro atoms. The smallest absolute Gasteiger partial charge is 0.319 e. The monoisotopic (exact) mass is 320 g/mol. The Kier molecular flexibility index (Phi) is 3.65. The minimum absolute atomic E-state index is 0.346. The van der Waals surface area contributed by atoms with Crippen LogP contribution < -0.4 is 11.1 Å². The quantitative estimate of drug-likeness (QED) is 0.830. The van der Waals surface area contributed by atoms with Gasteiger partial charge in [0.25, 0.3) is 5.91 Å². The number of benzene rings is 1. The number of nitrogens with one attached hydrogen (secondary N) is 1. The van der Waals surface area contributed by atoms with Crippen molar-refractivity contribution in [3.8, 4) is 0 Å². The first-order valence-corrected chi connectivity index (χ1v) is 5.15. The zero-order chi connectivity index (χ0) is 10.7. The number of rotatable bonds is 1. The lowest BCUT2D eigenvalue weighted by Crippen LogP contribution is -2.35. The Morgan fingerprint density at radius 1 is 1.29 bits per heavy atom. The van der Waals surface area contributed by atoms with Gasteiger partial charge in [-0.2, -0.15) is 0 Å². The fraction of sp³-hybridized carbons (Fsp3) is 0. The number of primary amides is 1. The molecule has 3 N–H and O–H groups in total. The van der Waals surface area contributed by atoms with E-state index in [0.717, 1.165) is 4.47 Å². The average molecular weight is 322 g/mol. The summed E-state index contributed by atoms with van der Waals surface area (Å²) in [6, 6.07) is 4.18. The van der Waals surface area contributed by atoms with E-state index in [1.807, 2.05) is 5.32 Å². The van der Waals surface area contributed by atoms with Crippen molar-refractivity contribution in [1.29, 1.82) is 0 Å². The number of hydrogen-bond acceptors (Lipinski definition) is 2. The van der Waals surface area contributed by atoms with Gasteiger partial charge in [-0.3, -0.25) is 10.1 Å². The van der Waals surface area contributed by atoms with Crippen molar-refractivity contribution in [1.82, 2.24) is 5.32 Å². The molecule has 0 saturated heterocycles. The molecule has 0 radical (unpaired) electrons. The fourth-order valence-electron chi connectivity index (χ4n) is 0.851. The maximum atomic E-state index is 11.4. The van der Waals surface area contributed by atoms with Gasteiger partial charge in [0.2, 0.25) is 0 Å². The van der Waals surface area contributed by atoms with Crippen LogP contribution in [-0.2, 0) is 0 Å². The highest BCUT2D eigenvalue weighted by atomic mass is 79.9. The summed E-state index contributed by atoms with van der Waals surface area (Å²) >= 11 is 6.40. The van der Waals surface area contributed by atoms with Crippen molar-refractivity contribution in [3.05, 3.63) is 32.7 Å². The van der Waals surface area contributed by atoms with Crippen LogP contribution in [-0.4, -0.2) is 11.9 Å². The van der Waals surface area contributed by atoms with E-state index in [0.29, 0.717) is 10.0 Å². The zero-order valence-electron chi connectivity index (χ0n) is 6.88. The topological polar surface area (TPSA) is 72.2 Å². The molecule has 14 heavy (non-hydrogen) atoms. The van der Waals surface area contributed by atoms with Gasteiger partial charge in [-0.25, -0.2) is 4.79 Å². The van der Waals surface area contributed by atoms with Crippen LogP contribution in [0.2, 0.25) is 0 Å². The van der Waals surface area contributed by atoms with Crippen molar-refractivity contribution in [2.24, 2.45) is 5.73 Å². The van der Waals surface area contributed by atoms with Gasteiger partial charge in [0, 0.05) is 8.95 Å². The summed E-state index contributed by atoms with van der Waals surface area (Å²) in [5.41, 5.74) is 5.17. The lowest BCUT2D eigenvalue weighted by atomic mass is 10.2. The second-order valence-electron chi connectivity index (χ2n) is 2.44. The first-order chi connectivity index (χ1) is 6.50. The molecule has 74 valence electrons. The van der Waals surface area contributed by atoms with Gasteiger partial charge >= 0.3 is 6.03 Å². The molecular weight excluding hydrogens is 316 g/mol. The molecule has 0 bridgehead atoms. The van der Waals surface area contributed by atoms with Gasteiger partial charge < -0.3 is 5.73 Å². The summed E-state index contributed by atoms with van der Waals surface area (Å²) in [4.78, 5) is 21.8. The number of carbonyl (C=O) groups is 2. The van der Waals surface area contributed by atoms with Gasteiger partial charge in [0.1, 0.15) is 0 Å². The third-order valence-electron chi connectivity index (χ3n) is 1.41.